The summed E-state index contributed by atoms with van der Waals surface area (Å²) in [6.45, 7) is 11.8. The van der Waals surface area contributed by atoms with Crippen molar-refractivity contribution >= 4 is 11.4 Å². The minimum atomic E-state index is -0.853. The van der Waals surface area contributed by atoms with E-state index in [2.05, 4.69) is 37.3 Å². The molecule has 2 heterocycles. The van der Waals surface area contributed by atoms with Crippen molar-refractivity contribution in [2.75, 3.05) is 19.6 Å². The minimum Gasteiger partial charge on any atom is -0.597 e. The average molecular weight is 272 g/mol. The lowest BCUT2D eigenvalue weighted by molar-refractivity contribution is -0.0182. The highest BCUT2D eigenvalue weighted by atomic mass is 32.2. The Labute approximate surface area is 115 Å². The molecule has 3 nitrogen and oxygen atoms in total. The van der Waals surface area contributed by atoms with Gasteiger partial charge in [0.15, 0.2) is 0 Å². The summed E-state index contributed by atoms with van der Waals surface area (Å²) in [5, 5.41) is 3.58. The van der Waals surface area contributed by atoms with E-state index in [-0.39, 0.29) is 4.75 Å². The zero-order valence-corrected chi connectivity index (χ0v) is 13.1. The molecule has 1 spiro atoms. The van der Waals surface area contributed by atoms with Crippen LogP contribution in [0, 0.1) is 5.41 Å². The van der Waals surface area contributed by atoms with Crippen LogP contribution in [0.2, 0.25) is 0 Å². The van der Waals surface area contributed by atoms with Crippen molar-refractivity contribution in [2.45, 2.75) is 64.2 Å². The van der Waals surface area contributed by atoms with Crippen molar-refractivity contribution < 1.29 is 4.55 Å². The van der Waals surface area contributed by atoms with Gasteiger partial charge in [-0.3, -0.25) is 0 Å². The molecule has 3 atom stereocenters. The van der Waals surface area contributed by atoms with E-state index < -0.39 is 11.4 Å². The van der Waals surface area contributed by atoms with Gasteiger partial charge in [-0.15, -0.1) is 4.31 Å². The highest BCUT2D eigenvalue weighted by Gasteiger charge is 2.58. The summed E-state index contributed by atoms with van der Waals surface area (Å²) in [6.07, 6.45) is 5.03. The molecule has 0 radical (unpaired) electrons. The van der Waals surface area contributed by atoms with Crippen molar-refractivity contribution in [3.05, 3.63) is 0 Å². The minimum absolute atomic E-state index is 0.132. The quantitative estimate of drug-likeness (QED) is 0.784. The van der Waals surface area contributed by atoms with E-state index >= 15 is 0 Å². The van der Waals surface area contributed by atoms with Crippen LogP contribution in [0.4, 0.5) is 0 Å². The smallest absolute Gasteiger partial charge is 0.137 e. The van der Waals surface area contributed by atoms with Crippen molar-refractivity contribution in [1.82, 2.24) is 9.62 Å². The van der Waals surface area contributed by atoms with Crippen LogP contribution in [-0.2, 0) is 11.4 Å². The van der Waals surface area contributed by atoms with Crippen molar-refractivity contribution in [3.8, 4) is 0 Å². The molecular weight excluding hydrogens is 244 g/mol. The van der Waals surface area contributed by atoms with Gasteiger partial charge in [-0.1, -0.05) is 13.3 Å². The fraction of sp³-hybridized carbons (Fsp3) is 1.00. The van der Waals surface area contributed by atoms with E-state index in [1.54, 1.807) is 0 Å². The molecule has 2 saturated heterocycles. The van der Waals surface area contributed by atoms with Crippen LogP contribution in [-0.4, -0.2) is 39.3 Å². The summed E-state index contributed by atoms with van der Waals surface area (Å²) < 4.78 is 14.7. The molecular formula is C14H28N2OS. The van der Waals surface area contributed by atoms with Gasteiger partial charge in [0.1, 0.15) is 4.75 Å². The predicted octanol–water partition coefficient (Wildman–Crippen LogP) is 2.30. The van der Waals surface area contributed by atoms with Crippen LogP contribution in [0.15, 0.2) is 0 Å². The zero-order valence-electron chi connectivity index (χ0n) is 12.3. The molecule has 106 valence electrons. The molecule has 4 heteroatoms. The van der Waals surface area contributed by atoms with E-state index in [0.717, 1.165) is 26.1 Å². The van der Waals surface area contributed by atoms with Crippen LogP contribution in [0.5, 0.6) is 0 Å². The van der Waals surface area contributed by atoms with Gasteiger partial charge in [-0.2, -0.15) is 0 Å². The lowest BCUT2D eigenvalue weighted by Gasteiger charge is -2.57. The van der Waals surface area contributed by atoms with Gasteiger partial charge in [0, 0.05) is 23.3 Å². The van der Waals surface area contributed by atoms with E-state index in [9.17, 15) is 4.55 Å². The van der Waals surface area contributed by atoms with E-state index in [1.807, 2.05) is 0 Å². The van der Waals surface area contributed by atoms with Gasteiger partial charge in [0.25, 0.3) is 0 Å². The third-order valence-electron chi connectivity index (χ3n) is 4.40. The molecule has 18 heavy (non-hydrogen) atoms. The monoisotopic (exact) mass is 272 g/mol. The summed E-state index contributed by atoms with van der Waals surface area (Å²) >= 11 is -0.853. The van der Waals surface area contributed by atoms with Gasteiger partial charge < -0.3 is 9.87 Å². The molecule has 0 bridgehead atoms. The number of nitrogens with zero attached hydrogens (tertiary/aromatic N) is 1. The Bertz CT molecular complexity index is 282. The second kappa shape index (κ2) is 5.31. The highest BCUT2D eigenvalue weighted by molar-refractivity contribution is 7.90. The molecule has 0 aliphatic carbocycles. The normalized spacial score (nSPS) is 36.2. The molecule has 2 rings (SSSR count). The first-order valence-electron chi connectivity index (χ1n) is 7.30. The summed E-state index contributed by atoms with van der Waals surface area (Å²) in [5.41, 5.74) is 0.395. The first-order chi connectivity index (χ1) is 8.41. The Morgan fingerprint density at radius 1 is 1.39 bits per heavy atom. The Balaban J connectivity index is 2.06. The molecule has 0 unspecified atom stereocenters. The third kappa shape index (κ3) is 2.58. The van der Waals surface area contributed by atoms with Gasteiger partial charge in [-0.05, 0) is 46.6 Å². The van der Waals surface area contributed by atoms with Gasteiger partial charge in [0.05, 0.1) is 12.6 Å². The maximum atomic E-state index is 12.5. The highest BCUT2D eigenvalue weighted by Crippen LogP contribution is 2.47. The van der Waals surface area contributed by atoms with Crippen molar-refractivity contribution in [3.63, 3.8) is 0 Å². The Morgan fingerprint density at radius 3 is 2.72 bits per heavy atom. The number of rotatable bonds is 2. The molecule has 0 aromatic heterocycles. The molecule has 0 aromatic carbocycles. The van der Waals surface area contributed by atoms with E-state index in [0.29, 0.717) is 11.5 Å². The van der Waals surface area contributed by atoms with E-state index in [4.69, 9.17) is 0 Å². The number of nitrogens with one attached hydrogen (secondary N) is 1. The van der Waals surface area contributed by atoms with Crippen LogP contribution in [0.25, 0.3) is 0 Å². The molecule has 2 aliphatic rings. The maximum Gasteiger partial charge on any atom is 0.137 e. The maximum absolute atomic E-state index is 12.5. The largest absolute Gasteiger partial charge is 0.597 e. The molecule has 0 saturated carbocycles. The fourth-order valence-corrected chi connectivity index (χ4v) is 5.14. The van der Waals surface area contributed by atoms with Crippen LogP contribution in [0.1, 0.15) is 53.4 Å². The van der Waals surface area contributed by atoms with Crippen LogP contribution < -0.4 is 5.32 Å². The Hall–Kier alpha value is 0.230. The Kier molecular flexibility index (Phi) is 4.32. The zero-order chi connectivity index (χ0) is 13.4. The molecule has 2 fully saturated rings. The lowest BCUT2D eigenvalue weighted by atomic mass is 9.69. The molecule has 1 N–H and O–H groups in total. The first kappa shape index (κ1) is 14.6. The number of hydrogen-bond acceptors (Lipinski definition) is 3. The van der Waals surface area contributed by atoms with Crippen molar-refractivity contribution in [2.24, 2.45) is 5.41 Å². The number of hydrogen-bond donors (Lipinski definition) is 1. The van der Waals surface area contributed by atoms with E-state index in [1.165, 1.54) is 19.3 Å². The molecule has 0 amide bonds. The second-order valence-corrected chi connectivity index (χ2v) is 9.05. The van der Waals surface area contributed by atoms with Crippen molar-refractivity contribution in [1.29, 1.82) is 0 Å². The summed E-state index contributed by atoms with van der Waals surface area (Å²) in [6, 6.07) is 0.503. The Morgan fingerprint density at radius 2 is 2.11 bits per heavy atom. The second-order valence-electron chi connectivity index (χ2n) is 6.86. The van der Waals surface area contributed by atoms with Gasteiger partial charge >= 0.3 is 0 Å². The lowest BCUT2D eigenvalue weighted by Crippen LogP contribution is -2.70. The fourth-order valence-electron chi connectivity index (χ4n) is 3.45. The average Bonchev–Trinajstić information content (AvgIpc) is 2.51. The predicted molar refractivity (Wildman–Crippen MR) is 77.8 cm³/mol. The summed E-state index contributed by atoms with van der Waals surface area (Å²) in [4.78, 5) is 0. The third-order valence-corrected chi connectivity index (χ3v) is 6.26. The molecule has 0 aromatic rings. The SMILES string of the molecule is CC[C@H]1N([S@+]([O-])C(C)(C)C)C[C@]12CCCCNC2. The topological polar surface area (TPSA) is 38.3 Å². The summed E-state index contributed by atoms with van der Waals surface area (Å²) in [5.74, 6) is 0. The molecule has 2 aliphatic heterocycles. The van der Waals surface area contributed by atoms with Gasteiger partial charge in [-0.25, -0.2) is 0 Å². The first-order valence-corrected chi connectivity index (χ1v) is 8.41. The van der Waals surface area contributed by atoms with Gasteiger partial charge in [0.2, 0.25) is 0 Å². The van der Waals surface area contributed by atoms with Crippen LogP contribution >= 0.6 is 0 Å². The van der Waals surface area contributed by atoms with Crippen LogP contribution in [0.3, 0.4) is 0 Å². The summed E-state index contributed by atoms with van der Waals surface area (Å²) in [7, 11) is 0. The standard InChI is InChI=1S/C14H28N2OS/c1-5-12-14(8-6-7-9-15-10-14)11-16(12)18(17)13(2,3)4/h12,15H,5-11H2,1-4H3/t12-,14-,18-/m1/s1.